The Bertz CT molecular complexity index is 2930. The molecule has 1 aliphatic carbocycles. The van der Waals surface area contributed by atoms with E-state index in [1.165, 1.54) is 28.0 Å². The maximum Gasteiger partial charge on any atom is 0.293 e. The van der Waals surface area contributed by atoms with E-state index in [1.807, 2.05) is 37.3 Å². The highest BCUT2D eigenvalue weighted by molar-refractivity contribution is 7.99. The number of β-amino-alcohol motifs (C(OH)–C–C–N with tert-alkyl or cyclic N) is 1. The van der Waals surface area contributed by atoms with E-state index < -0.39 is 52.9 Å². The monoisotopic (exact) mass is 1110 g/mol. The van der Waals surface area contributed by atoms with Crippen LogP contribution in [0.5, 0.6) is 5.75 Å². The SMILES string of the molecule is Cc1ncsc1-c1ccc(CNC(=O)[C@@H]2C[C@@H](O)CN2C(=O)[C@@H](NC(=O)C2(F)CC2)C(C)(C)C)c(OCCN2CCN(c3cnc(C(=O)Nc4cccc(Sc5cnc(N6CCC(C)(CN)CC6)cn5)c4Cl)nc3)CC2)c1. The average molecular weight is 1110 g/mol. The minimum Gasteiger partial charge on any atom is -0.492 e. The lowest BCUT2D eigenvalue weighted by Gasteiger charge is -2.39. The van der Waals surface area contributed by atoms with Gasteiger partial charge in [-0.15, -0.1) is 11.3 Å². The maximum absolute atomic E-state index is 14.7. The van der Waals surface area contributed by atoms with Crippen molar-refractivity contribution in [2.24, 2.45) is 16.6 Å². The van der Waals surface area contributed by atoms with Crippen molar-refractivity contribution in [1.82, 2.24) is 45.4 Å². The fourth-order valence-electron chi connectivity index (χ4n) is 9.67. The van der Waals surface area contributed by atoms with Gasteiger partial charge >= 0.3 is 0 Å². The first kappa shape index (κ1) is 55.7. The number of aliphatic hydroxyl groups is 1. The molecule has 77 heavy (non-hydrogen) atoms. The highest BCUT2D eigenvalue weighted by atomic mass is 35.5. The Kier molecular flexibility index (Phi) is 17.0. The lowest BCUT2D eigenvalue weighted by atomic mass is 9.80. The Morgan fingerprint density at radius 2 is 1.70 bits per heavy atom. The molecule has 0 spiro atoms. The van der Waals surface area contributed by atoms with Crippen LogP contribution in [0.1, 0.15) is 81.7 Å². The summed E-state index contributed by atoms with van der Waals surface area (Å²) in [4.78, 5) is 86.3. The Balaban J connectivity index is 0.761. The van der Waals surface area contributed by atoms with E-state index in [0.29, 0.717) is 64.7 Å². The number of carbonyl (C=O) groups excluding carboxylic acids is 4. The van der Waals surface area contributed by atoms with Gasteiger partial charge in [-0.1, -0.05) is 69.3 Å². The molecular weight excluding hydrogens is 1050 g/mol. The molecule has 4 aliphatic rings. The number of hydrogen-bond acceptors (Lipinski definition) is 17. The number of rotatable bonds is 18. The van der Waals surface area contributed by atoms with Crippen molar-refractivity contribution in [3.8, 4) is 16.2 Å². The topological polar surface area (TPSA) is 237 Å². The van der Waals surface area contributed by atoms with Crippen molar-refractivity contribution in [1.29, 1.82) is 0 Å². The molecule has 3 aliphatic heterocycles. The molecule has 4 amide bonds. The number of amides is 4. The highest BCUT2D eigenvalue weighted by Gasteiger charge is 2.53. The van der Waals surface area contributed by atoms with Crippen LogP contribution in [0, 0.1) is 17.8 Å². The van der Waals surface area contributed by atoms with Crippen LogP contribution in [0.2, 0.25) is 5.02 Å². The zero-order valence-corrected chi connectivity index (χ0v) is 46.4. The van der Waals surface area contributed by atoms with E-state index in [2.05, 4.69) is 62.5 Å². The zero-order chi connectivity index (χ0) is 54.6. The van der Waals surface area contributed by atoms with E-state index in [9.17, 15) is 28.7 Å². The molecule has 3 atom stereocenters. The lowest BCUT2D eigenvalue weighted by molar-refractivity contribution is -0.145. The number of thiazole rings is 1. The second-order valence-corrected chi connectivity index (χ2v) is 24.1. The molecule has 19 nitrogen and oxygen atoms in total. The maximum atomic E-state index is 14.7. The number of nitrogens with one attached hydrogen (secondary N) is 3. The predicted molar refractivity (Wildman–Crippen MR) is 295 cm³/mol. The van der Waals surface area contributed by atoms with Gasteiger partial charge in [-0.2, -0.15) is 0 Å². The number of benzene rings is 2. The van der Waals surface area contributed by atoms with E-state index in [1.54, 1.807) is 57.1 Å². The van der Waals surface area contributed by atoms with Gasteiger partial charge in [0.25, 0.3) is 11.8 Å². The zero-order valence-electron chi connectivity index (χ0n) is 44.1. The summed E-state index contributed by atoms with van der Waals surface area (Å²) in [5.74, 6) is -0.925. The third kappa shape index (κ3) is 13.3. The molecule has 0 unspecified atom stereocenters. The van der Waals surface area contributed by atoms with Crippen LogP contribution < -0.4 is 36.2 Å². The molecule has 3 aromatic heterocycles. The minimum absolute atomic E-state index is 0.00531. The van der Waals surface area contributed by atoms with Crippen LogP contribution in [-0.2, 0) is 20.9 Å². The lowest BCUT2D eigenvalue weighted by Crippen LogP contribution is -2.59. The molecule has 0 radical (unpaired) electrons. The quantitative estimate of drug-likeness (QED) is 0.0663. The summed E-state index contributed by atoms with van der Waals surface area (Å²) < 4.78 is 21.2. The standard InChI is InChI=1S/C54H67ClFN13O6S2/c1-33-45(76-32-63-33)34-9-10-35(25-62-48(71)39-24-37(70)30-69(39)50(73)46(52(2,3)4)65-51(74)54(56)11-12-54)40(23-34)75-22-21-66-17-19-67(20-18-66)36-26-60-47(61-27-36)49(72)64-38-7-6-8-41(44(38)55)77-43-29-58-42(28-59-43)68-15-13-53(5,31-57)14-16-68/h6-10,23,26-29,32,37,39,46,70H,11-22,24-25,30-31,57H2,1-5H3,(H,62,71)(H,64,72)(H,65,74)/t37-,39+,46-/m1/s1. The first-order valence-corrected chi connectivity index (χ1v) is 28.1. The molecule has 23 heteroatoms. The Morgan fingerprint density at radius 3 is 2.35 bits per heavy atom. The summed E-state index contributed by atoms with van der Waals surface area (Å²) in [6.45, 7) is 15.7. The second kappa shape index (κ2) is 23.5. The predicted octanol–water partition coefficient (Wildman–Crippen LogP) is 6.13. The van der Waals surface area contributed by atoms with Gasteiger partial charge < -0.3 is 46.2 Å². The summed E-state index contributed by atoms with van der Waals surface area (Å²) >= 11 is 9.69. The first-order valence-electron chi connectivity index (χ1n) is 26.1. The van der Waals surface area contributed by atoms with Crippen LogP contribution in [0.25, 0.3) is 10.4 Å². The van der Waals surface area contributed by atoms with Gasteiger partial charge in [0.2, 0.25) is 17.6 Å². The highest BCUT2D eigenvalue weighted by Crippen LogP contribution is 2.41. The van der Waals surface area contributed by atoms with Crippen molar-refractivity contribution >= 4 is 75.5 Å². The van der Waals surface area contributed by atoms with Crippen LogP contribution in [0.3, 0.4) is 0 Å². The van der Waals surface area contributed by atoms with Gasteiger partial charge in [0, 0.05) is 75.8 Å². The van der Waals surface area contributed by atoms with Gasteiger partial charge in [0.15, 0.2) is 5.67 Å². The van der Waals surface area contributed by atoms with Gasteiger partial charge in [-0.05, 0) is 73.7 Å². The third-order valence-electron chi connectivity index (χ3n) is 14.9. The number of alkyl halides is 1. The number of aliphatic hydroxyl groups excluding tert-OH is 1. The number of aromatic nitrogens is 5. The number of nitrogens with zero attached hydrogens (tertiary/aromatic N) is 9. The number of aryl methyl sites for hydroxylation is 1. The number of carbonyl (C=O) groups is 4. The molecule has 3 saturated heterocycles. The van der Waals surface area contributed by atoms with E-state index in [4.69, 9.17) is 22.1 Å². The van der Waals surface area contributed by atoms with E-state index in [-0.39, 0.29) is 43.6 Å². The number of hydrogen-bond donors (Lipinski definition) is 5. The van der Waals surface area contributed by atoms with Crippen molar-refractivity contribution in [3.05, 3.63) is 88.8 Å². The summed E-state index contributed by atoms with van der Waals surface area (Å²) in [6, 6.07) is 9.10. The normalized spacial score (nSPS) is 19.6. The molecule has 4 fully saturated rings. The Hall–Kier alpha value is -6.04. The Morgan fingerprint density at radius 1 is 0.961 bits per heavy atom. The molecule has 0 bridgehead atoms. The van der Waals surface area contributed by atoms with Crippen LogP contribution in [0.4, 0.5) is 21.6 Å². The minimum atomic E-state index is -1.98. The molecule has 5 aromatic rings. The molecular formula is C54H67ClFN13O6S2. The van der Waals surface area contributed by atoms with Crippen LogP contribution in [0.15, 0.2) is 76.6 Å². The molecule has 6 N–H and O–H groups in total. The van der Waals surface area contributed by atoms with Crippen molar-refractivity contribution in [3.63, 3.8) is 0 Å². The van der Waals surface area contributed by atoms with Crippen molar-refractivity contribution in [2.45, 2.75) is 107 Å². The van der Waals surface area contributed by atoms with Crippen LogP contribution >= 0.6 is 34.7 Å². The molecule has 2 aromatic carbocycles. The van der Waals surface area contributed by atoms with Gasteiger partial charge in [0.1, 0.15) is 35.3 Å². The molecule has 1 saturated carbocycles. The number of ether oxygens (including phenoxy) is 1. The Labute approximate surface area is 461 Å². The van der Waals surface area contributed by atoms with E-state index in [0.717, 1.165) is 66.7 Å². The fourth-order valence-corrected chi connectivity index (χ4v) is 11.5. The second-order valence-electron chi connectivity index (χ2n) is 21.8. The van der Waals surface area contributed by atoms with Gasteiger partial charge in [0.05, 0.1) is 63.4 Å². The van der Waals surface area contributed by atoms with E-state index >= 15 is 0 Å². The first-order chi connectivity index (χ1) is 36.8. The molecule has 6 heterocycles. The summed E-state index contributed by atoms with van der Waals surface area (Å²) in [5, 5.41) is 20.2. The number of piperazine rings is 1. The average Bonchev–Trinajstić information content (AvgIpc) is 3.86. The fraction of sp³-hybridized carbons (Fsp3) is 0.500. The van der Waals surface area contributed by atoms with Crippen molar-refractivity contribution in [2.75, 3.05) is 80.6 Å². The third-order valence-corrected chi connectivity index (χ3v) is 17.4. The number of halogens is 2. The smallest absolute Gasteiger partial charge is 0.293 e. The number of nitrogens with two attached hydrogens (primary N) is 1. The largest absolute Gasteiger partial charge is 0.492 e. The summed E-state index contributed by atoms with van der Waals surface area (Å²) in [5.41, 5.74) is 8.90. The summed E-state index contributed by atoms with van der Waals surface area (Å²) in [6.07, 6.45) is 8.10. The number of piperidine rings is 1. The van der Waals surface area contributed by atoms with Crippen LogP contribution in [-0.4, -0.2) is 153 Å². The van der Waals surface area contributed by atoms with Crippen molar-refractivity contribution < 1.29 is 33.4 Å². The van der Waals surface area contributed by atoms with Gasteiger partial charge in [-0.25, -0.2) is 29.3 Å². The molecule has 410 valence electrons. The number of likely N-dealkylation sites (tertiary alicyclic amines) is 1. The molecule has 9 rings (SSSR count). The summed E-state index contributed by atoms with van der Waals surface area (Å²) in [7, 11) is 0. The van der Waals surface area contributed by atoms with Gasteiger partial charge in [-0.3, -0.25) is 24.1 Å². The number of anilines is 3.